The van der Waals surface area contributed by atoms with Gasteiger partial charge in [0.05, 0.1) is 6.61 Å². The molecule has 1 amide bonds. The summed E-state index contributed by atoms with van der Waals surface area (Å²) in [6.07, 6.45) is 0.950. The van der Waals surface area contributed by atoms with E-state index in [4.69, 9.17) is 9.26 Å². The maximum absolute atomic E-state index is 13.2. The summed E-state index contributed by atoms with van der Waals surface area (Å²) in [6, 6.07) is 7.49. The van der Waals surface area contributed by atoms with Crippen LogP contribution in [0.15, 0.2) is 34.9 Å². The van der Waals surface area contributed by atoms with Crippen LogP contribution in [0, 0.1) is 11.7 Å². The quantitative estimate of drug-likeness (QED) is 0.938. The van der Waals surface area contributed by atoms with Crippen LogP contribution < -0.4 is 5.32 Å². The number of carbonyl (C=O) groups is 1. The van der Waals surface area contributed by atoms with Gasteiger partial charge < -0.3 is 14.6 Å². The number of nitrogens with one attached hydrogen (secondary N) is 1. The molecule has 110 valence electrons. The van der Waals surface area contributed by atoms with Crippen LogP contribution in [-0.4, -0.2) is 30.8 Å². The fourth-order valence-electron chi connectivity index (χ4n) is 2.23. The van der Waals surface area contributed by atoms with Crippen LogP contribution >= 0.6 is 0 Å². The Morgan fingerprint density at radius 1 is 1.43 bits per heavy atom. The van der Waals surface area contributed by atoms with E-state index in [1.54, 1.807) is 12.1 Å². The molecule has 21 heavy (non-hydrogen) atoms. The zero-order valence-corrected chi connectivity index (χ0v) is 11.3. The van der Waals surface area contributed by atoms with Crippen LogP contribution in [0.3, 0.4) is 0 Å². The maximum Gasteiger partial charge on any atom is 0.289 e. The lowest BCUT2D eigenvalue weighted by atomic mass is 10.1. The normalized spacial score (nSPS) is 17.9. The van der Waals surface area contributed by atoms with E-state index < -0.39 is 0 Å². The number of benzene rings is 1. The summed E-state index contributed by atoms with van der Waals surface area (Å²) >= 11 is 0. The van der Waals surface area contributed by atoms with E-state index in [1.807, 2.05) is 0 Å². The summed E-state index contributed by atoms with van der Waals surface area (Å²) in [5, 5.41) is 6.59. The molecule has 1 aromatic carbocycles. The molecule has 6 heteroatoms. The van der Waals surface area contributed by atoms with Crippen molar-refractivity contribution in [3.8, 4) is 11.3 Å². The lowest BCUT2D eigenvalue weighted by Gasteiger charge is -2.07. The molecule has 3 rings (SSSR count). The van der Waals surface area contributed by atoms with E-state index in [-0.39, 0.29) is 17.5 Å². The molecule has 1 saturated heterocycles. The molecule has 0 bridgehead atoms. The standard InChI is InChI=1S/C15H15FN2O3/c16-12-3-1-2-11(6-12)13-7-14(21-18-13)15(19)17-8-10-4-5-20-9-10/h1-3,6-7,10H,4-5,8-9H2,(H,17,19)/t10-/m0/s1. The summed E-state index contributed by atoms with van der Waals surface area (Å²) in [4.78, 5) is 12.0. The van der Waals surface area contributed by atoms with Crippen LogP contribution in [0.25, 0.3) is 11.3 Å². The van der Waals surface area contributed by atoms with Crippen molar-refractivity contribution in [1.82, 2.24) is 10.5 Å². The monoisotopic (exact) mass is 290 g/mol. The van der Waals surface area contributed by atoms with Gasteiger partial charge in [0.1, 0.15) is 11.5 Å². The topological polar surface area (TPSA) is 64.4 Å². The lowest BCUT2D eigenvalue weighted by molar-refractivity contribution is 0.0908. The Kier molecular flexibility index (Phi) is 3.96. The molecule has 0 radical (unpaired) electrons. The Labute approximate surface area is 121 Å². The van der Waals surface area contributed by atoms with Gasteiger partial charge in [-0.3, -0.25) is 4.79 Å². The molecule has 1 aliphatic rings. The molecule has 0 saturated carbocycles. The molecule has 1 N–H and O–H groups in total. The minimum atomic E-state index is -0.359. The molecular formula is C15H15FN2O3. The Morgan fingerprint density at radius 3 is 3.10 bits per heavy atom. The van der Waals surface area contributed by atoms with Gasteiger partial charge in [0.15, 0.2) is 0 Å². The van der Waals surface area contributed by atoms with Gasteiger partial charge in [-0.15, -0.1) is 0 Å². The number of hydrogen-bond donors (Lipinski definition) is 1. The SMILES string of the molecule is O=C(NC[C@@H]1CCOC1)c1cc(-c2cccc(F)c2)no1. The van der Waals surface area contributed by atoms with Gasteiger partial charge in [0.2, 0.25) is 5.76 Å². The number of hydrogen-bond acceptors (Lipinski definition) is 4. The first-order chi connectivity index (χ1) is 10.2. The number of aromatic nitrogens is 1. The Morgan fingerprint density at radius 2 is 2.33 bits per heavy atom. The van der Waals surface area contributed by atoms with Crippen molar-refractivity contribution < 1.29 is 18.4 Å². The highest BCUT2D eigenvalue weighted by atomic mass is 19.1. The summed E-state index contributed by atoms with van der Waals surface area (Å²) in [5.41, 5.74) is 1.01. The number of ether oxygens (including phenoxy) is 1. The van der Waals surface area contributed by atoms with Gasteiger partial charge in [-0.25, -0.2) is 4.39 Å². The largest absolute Gasteiger partial charge is 0.381 e. The van der Waals surface area contributed by atoms with Crippen molar-refractivity contribution >= 4 is 5.91 Å². The van der Waals surface area contributed by atoms with E-state index in [9.17, 15) is 9.18 Å². The molecule has 1 atom stereocenters. The van der Waals surface area contributed by atoms with E-state index in [0.717, 1.165) is 13.0 Å². The van der Waals surface area contributed by atoms with Crippen LogP contribution in [0.1, 0.15) is 17.0 Å². The lowest BCUT2D eigenvalue weighted by Crippen LogP contribution is -2.29. The molecular weight excluding hydrogens is 275 g/mol. The van der Waals surface area contributed by atoms with Crippen LogP contribution in [0.5, 0.6) is 0 Å². The molecule has 1 fully saturated rings. The molecule has 5 nitrogen and oxygen atoms in total. The first kappa shape index (κ1) is 13.8. The van der Waals surface area contributed by atoms with Crippen molar-refractivity contribution in [2.45, 2.75) is 6.42 Å². The third kappa shape index (κ3) is 3.28. The number of amides is 1. The highest BCUT2D eigenvalue weighted by molar-refractivity contribution is 5.92. The molecule has 0 unspecified atom stereocenters. The van der Waals surface area contributed by atoms with Gasteiger partial charge >= 0.3 is 0 Å². The fraction of sp³-hybridized carbons (Fsp3) is 0.333. The molecule has 0 aliphatic carbocycles. The van der Waals surface area contributed by atoms with Gasteiger partial charge in [0, 0.05) is 30.7 Å². The van der Waals surface area contributed by atoms with Crippen LogP contribution in [0.2, 0.25) is 0 Å². The zero-order chi connectivity index (χ0) is 14.7. The predicted octanol–water partition coefficient (Wildman–Crippen LogP) is 2.25. The number of carbonyl (C=O) groups excluding carboxylic acids is 1. The summed E-state index contributed by atoms with van der Waals surface area (Å²) in [7, 11) is 0. The Hall–Kier alpha value is -2.21. The Bertz CT molecular complexity index is 635. The zero-order valence-electron chi connectivity index (χ0n) is 11.3. The first-order valence-corrected chi connectivity index (χ1v) is 6.81. The molecule has 2 aromatic rings. The average Bonchev–Trinajstić information content (AvgIpc) is 3.16. The average molecular weight is 290 g/mol. The summed E-state index contributed by atoms with van der Waals surface area (Å²) in [5.74, 6) is -0.215. The molecule has 1 aromatic heterocycles. The van der Waals surface area contributed by atoms with E-state index in [2.05, 4.69) is 10.5 Å². The first-order valence-electron chi connectivity index (χ1n) is 6.81. The van der Waals surface area contributed by atoms with Crippen LogP contribution in [-0.2, 0) is 4.74 Å². The third-order valence-corrected chi connectivity index (χ3v) is 3.43. The highest BCUT2D eigenvalue weighted by Gasteiger charge is 2.19. The van der Waals surface area contributed by atoms with Crippen molar-refractivity contribution in [3.05, 3.63) is 41.9 Å². The molecule has 1 aliphatic heterocycles. The van der Waals surface area contributed by atoms with E-state index >= 15 is 0 Å². The van der Waals surface area contributed by atoms with Crippen molar-refractivity contribution in [2.75, 3.05) is 19.8 Å². The highest BCUT2D eigenvalue weighted by Crippen LogP contribution is 2.20. The third-order valence-electron chi connectivity index (χ3n) is 3.43. The van der Waals surface area contributed by atoms with Gasteiger partial charge in [-0.1, -0.05) is 17.3 Å². The van der Waals surface area contributed by atoms with Crippen molar-refractivity contribution in [3.63, 3.8) is 0 Å². The molecule has 0 spiro atoms. The van der Waals surface area contributed by atoms with Gasteiger partial charge in [-0.2, -0.15) is 0 Å². The van der Waals surface area contributed by atoms with Crippen molar-refractivity contribution in [1.29, 1.82) is 0 Å². The second-order valence-electron chi connectivity index (χ2n) is 5.03. The Balaban J connectivity index is 1.65. The predicted molar refractivity (Wildman–Crippen MR) is 73.2 cm³/mol. The minimum absolute atomic E-state index is 0.119. The second-order valence-corrected chi connectivity index (χ2v) is 5.03. The van der Waals surface area contributed by atoms with Gasteiger partial charge in [0.25, 0.3) is 5.91 Å². The fourth-order valence-corrected chi connectivity index (χ4v) is 2.23. The maximum atomic E-state index is 13.2. The number of nitrogens with zero attached hydrogens (tertiary/aromatic N) is 1. The second kappa shape index (κ2) is 6.05. The summed E-state index contributed by atoms with van der Waals surface area (Å²) in [6.45, 7) is 1.96. The minimum Gasteiger partial charge on any atom is -0.381 e. The summed E-state index contributed by atoms with van der Waals surface area (Å²) < 4.78 is 23.4. The van der Waals surface area contributed by atoms with Gasteiger partial charge in [-0.05, 0) is 18.6 Å². The van der Waals surface area contributed by atoms with Crippen LogP contribution in [0.4, 0.5) is 4.39 Å². The number of halogens is 1. The van der Waals surface area contributed by atoms with E-state index in [0.29, 0.717) is 30.3 Å². The molecule has 2 heterocycles. The van der Waals surface area contributed by atoms with Crippen molar-refractivity contribution in [2.24, 2.45) is 5.92 Å². The number of rotatable bonds is 4. The van der Waals surface area contributed by atoms with E-state index in [1.165, 1.54) is 18.2 Å². The smallest absolute Gasteiger partial charge is 0.289 e.